The van der Waals surface area contributed by atoms with Crippen molar-refractivity contribution < 1.29 is 89.4 Å². The lowest BCUT2D eigenvalue weighted by Gasteiger charge is -2.48. The minimum atomic E-state index is -1.98. The van der Waals surface area contributed by atoms with Crippen LogP contribution in [0.1, 0.15) is 277 Å². The Morgan fingerprint density at radius 2 is 0.721 bits per heavy atom. The van der Waals surface area contributed by atoms with Crippen molar-refractivity contribution in [3.8, 4) is 0 Å². The van der Waals surface area contributed by atoms with Gasteiger partial charge in [0.2, 0.25) is 5.91 Å². The van der Waals surface area contributed by atoms with E-state index in [2.05, 4.69) is 19.2 Å². The molecule has 19 nitrogen and oxygen atoms in total. The smallest absolute Gasteiger partial charge is 0.220 e. The molecule has 3 saturated heterocycles. The zero-order valence-electron chi connectivity index (χ0n) is 53.6. The molecular weight excluding hydrogens is 1110 g/mol. The van der Waals surface area contributed by atoms with Crippen molar-refractivity contribution in [3.63, 3.8) is 0 Å². The van der Waals surface area contributed by atoms with Gasteiger partial charge in [-0.05, 0) is 19.3 Å². The van der Waals surface area contributed by atoms with Gasteiger partial charge in [0.05, 0.1) is 38.6 Å². The van der Waals surface area contributed by atoms with E-state index in [4.69, 9.17) is 28.4 Å². The largest absolute Gasteiger partial charge is 0.394 e. The first-order valence-corrected chi connectivity index (χ1v) is 34.9. The molecule has 0 aliphatic carbocycles. The summed E-state index contributed by atoms with van der Waals surface area (Å²) in [5.41, 5.74) is 0. The lowest BCUT2D eigenvalue weighted by molar-refractivity contribution is -0.379. The standard InChI is InChI=1S/C67H127NO18/c1-3-5-7-9-11-13-15-17-19-21-22-23-24-25-26-27-28-29-30-32-34-36-38-40-42-44-51(72)50(68-55(73)45-43-41-39-37-35-33-31-20-18-16-14-12-10-8-6-4-2)49-81-65-61(79)58(76)63(53(47-70)83-65)86-67-62(80)59(77)64(54(48-71)84-67)85-66-60(78)57(75)56(74)52(46-69)82-66/h42,44,50-54,56-67,69-72,74-80H,3-41,43,45-49H2,1-2H3,(H,68,73)/b44-42+. The fourth-order valence-corrected chi connectivity index (χ4v) is 12.1. The number of rotatable bonds is 54. The van der Waals surface area contributed by atoms with Gasteiger partial charge in [0.1, 0.15) is 73.2 Å². The number of ether oxygens (including phenoxy) is 6. The predicted octanol–water partition coefficient (Wildman–Crippen LogP) is 8.89. The van der Waals surface area contributed by atoms with Crippen LogP contribution >= 0.6 is 0 Å². The molecule has 508 valence electrons. The molecule has 3 fully saturated rings. The van der Waals surface area contributed by atoms with Crippen LogP contribution in [0.3, 0.4) is 0 Å². The summed E-state index contributed by atoms with van der Waals surface area (Å²) in [5.74, 6) is -0.270. The Morgan fingerprint density at radius 3 is 1.09 bits per heavy atom. The van der Waals surface area contributed by atoms with E-state index in [1.54, 1.807) is 6.08 Å². The second-order valence-corrected chi connectivity index (χ2v) is 25.4. The fraction of sp³-hybridized carbons (Fsp3) is 0.955. The van der Waals surface area contributed by atoms with E-state index in [0.717, 1.165) is 44.9 Å². The molecule has 1 amide bonds. The molecule has 0 aromatic heterocycles. The highest BCUT2D eigenvalue weighted by atomic mass is 16.8. The molecular formula is C67H127NO18. The van der Waals surface area contributed by atoms with E-state index in [1.165, 1.54) is 205 Å². The molecule has 17 atom stereocenters. The van der Waals surface area contributed by atoms with Crippen LogP contribution in [-0.2, 0) is 33.2 Å². The molecule has 86 heavy (non-hydrogen) atoms. The Morgan fingerprint density at radius 1 is 0.407 bits per heavy atom. The molecule has 19 heteroatoms. The van der Waals surface area contributed by atoms with E-state index in [9.17, 15) is 61.0 Å². The lowest BCUT2D eigenvalue weighted by Crippen LogP contribution is -2.66. The van der Waals surface area contributed by atoms with Crippen LogP contribution in [-0.4, -0.2) is 193 Å². The number of hydrogen-bond acceptors (Lipinski definition) is 18. The van der Waals surface area contributed by atoms with Gasteiger partial charge in [-0.2, -0.15) is 0 Å². The van der Waals surface area contributed by atoms with Gasteiger partial charge in [-0.25, -0.2) is 0 Å². The van der Waals surface area contributed by atoms with Crippen LogP contribution in [0, 0.1) is 0 Å². The van der Waals surface area contributed by atoms with Crippen LogP contribution < -0.4 is 5.32 Å². The van der Waals surface area contributed by atoms with Crippen LogP contribution in [0.25, 0.3) is 0 Å². The average molecular weight is 1230 g/mol. The number of amides is 1. The molecule has 17 unspecified atom stereocenters. The first-order chi connectivity index (χ1) is 41.8. The first-order valence-electron chi connectivity index (χ1n) is 34.9. The Kier molecular flexibility index (Phi) is 45.9. The maximum Gasteiger partial charge on any atom is 0.220 e. The van der Waals surface area contributed by atoms with E-state index in [1.807, 2.05) is 6.08 Å². The summed E-state index contributed by atoms with van der Waals surface area (Å²) < 4.78 is 34.4. The van der Waals surface area contributed by atoms with Crippen LogP contribution in [0.5, 0.6) is 0 Å². The number of carbonyl (C=O) groups excluding carboxylic acids is 1. The zero-order chi connectivity index (χ0) is 62.6. The summed E-state index contributed by atoms with van der Waals surface area (Å²) in [5, 5.41) is 120. The molecule has 3 rings (SSSR count). The molecule has 3 heterocycles. The molecule has 0 aromatic rings. The van der Waals surface area contributed by atoms with Gasteiger partial charge in [0.15, 0.2) is 18.9 Å². The molecule has 0 bridgehead atoms. The van der Waals surface area contributed by atoms with E-state index in [0.29, 0.717) is 6.42 Å². The van der Waals surface area contributed by atoms with Crippen LogP contribution in [0.15, 0.2) is 12.2 Å². The highest BCUT2D eigenvalue weighted by Crippen LogP contribution is 2.33. The van der Waals surface area contributed by atoms with Crippen molar-refractivity contribution >= 4 is 5.91 Å². The number of aliphatic hydroxyl groups is 11. The quantitative estimate of drug-likeness (QED) is 0.0200. The molecule has 3 aliphatic rings. The Hall–Kier alpha value is -1.47. The predicted molar refractivity (Wildman–Crippen MR) is 333 cm³/mol. The molecule has 0 radical (unpaired) electrons. The molecule has 0 aromatic carbocycles. The summed E-state index contributed by atoms with van der Waals surface area (Å²) in [4.78, 5) is 13.4. The second-order valence-electron chi connectivity index (χ2n) is 25.4. The Bertz CT molecular complexity index is 1620. The highest BCUT2D eigenvalue weighted by Gasteiger charge is 2.53. The van der Waals surface area contributed by atoms with Crippen LogP contribution in [0.2, 0.25) is 0 Å². The number of hydrogen-bond donors (Lipinski definition) is 12. The number of unbranched alkanes of at least 4 members (excludes halogenated alkanes) is 38. The maximum absolute atomic E-state index is 13.4. The molecule has 12 N–H and O–H groups in total. The van der Waals surface area contributed by atoms with E-state index < -0.39 is 124 Å². The molecule has 0 spiro atoms. The number of carbonyl (C=O) groups is 1. The monoisotopic (exact) mass is 1230 g/mol. The van der Waals surface area contributed by atoms with Gasteiger partial charge in [-0.3, -0.25) is 4.79 Å². The minimum Gasteiger partial charge on any atom is -0.394 e. The van der Waals surface area contributed by atoms with Crippen molar-refractivity contribution in [1.29, 1.82) is 0 Å². The van der Waals surface area contributed by atoms with Crippen molar-refractivity contribution in [3.05, 3.63) is 12.2 Å². The summed E-state index contributed by atoms with van der Waals surface area (Å²) in [6.07, 6.45) is 27.6. The van der Waals surface area contributed by atoms with Gasteiger partial charge < -0.3 is 89.9 Å². The minimum absolute atomic E-state index is 0.249. The number of nitrogens with one attached hydrogen (secondary N) is 1. The third-order valence-electron chi connectivity index (χ3n) is 17.8. The first kappa shape index (κ1) is 78.8. The highest BCUT2D eigenvalue weighted by molar-refractivity contribution is 5.76. The number of allylic oxidation sites excluding steroid dienone is 1. The van der Waals surface area contributed by atoms with Crippen molar-refractivity contribution in [2.45, 2.75) is 381 Å². The summed E-state index contributed by atoms with van der Waals surface area (Å²) in [6.45, 7) is 1.77. The lowest BCUT2D eigenvalue weighted by atomic mass is 9.96. The third kappa shape index (κ3) is 32.2. The van der Waals surface area contributed by atoms with Crippen molar-refractivity contribution in [2.75, 3.05) is 26.4 Å². The van der Waals surface area contributed by atoms with Gasteiger partial charge in [-0.15, -0.1) is 0 Å². The Balaban J connectivity index is 1.43. The zero-order valence-corrected chi connectivity index (χ0v) is 53.6. The second kappa shape index (κ2) is 50.1. The van der Waals surface area contributed by atoms with Crippen molar-refractivity contribution in [2.24, 2.45) is 0 Å². The average Bonchev–Trinajstić information content (AvgIpc) is 1.95. The molecule has 0 saturated carbocycles. The van der Waals surface area contributed by atoms with Crippen molar-refractivity contribution in [1.82, 2.24) is 5.32 Å². The van der Waals surface area contributed by atoms with Gasteiger partial charge >= 0.3 is 0 Å². The van der Waals surface area contributed by atoms with E-state index in [-0.39, 0.29) is 18.9 Å². The number of aliphatic hydroxyl groups excluding tert-OH is 11. The summed E-state index contributed by atoms with van der Waals surface area (Å²) in [7, 11) is 0. The fourth-order valence-electron chi connectivity index (χ4n) is 12.1. The summed E-state index contributed by atoms with van der Waals surface area (Å²) in [6, 6.07) is -0.968. The normalized spacial score (nSPS) is 28.8. The van der Waals surface area contributed by atoms with Gasteiger partial charge in [0.25, 0.3) is 0 Å². The van der Waals surface area contributed by atoms with Gasteiger partial charge in [0, 0.05) is 6.42 Å². The summed E-state index contributed by atoms with van der Waals surface area (Å²) >= 11 is 0. The topological polar surface area (TPSA) is 307 Å². The third-order valence-corrected chi connectivity index (χ3v) is 17.8. The SMILES string of the molecule is CCCCCCCCCCCCCCCCCCCCCCCCC/C=C/C(O)C(COC1OC(CO)C(OC2OC(CO)C(OC3OC(CO)C(O)C(O)C3O)C(O)C2O)C(O)C1O)NC(=O)CCCCCCCCCCCCCCCCCC. The maximum atomic E-state index is 13.4. The van der Waals surface area contributed by atoms with Crippen LogP contribution in [0.4, 0.5) is 0 Å². The Labute approximate surface area is 518 Å². The van der Waals surface area contributed by atoms with E-state index >= 15 is 0 Å². The molecule has 3 aliphatic heterocycles. The van der Waals surface area contributed by atoms with Gasteiger partial charge in [-0.1, -0.05) is 264 Å².